The van der Waals surface area contributed by atoms with E-state index in [2.05, 4.69) is 5.32 Å². The van der Waals surface area contributed by atoms with Crippen LogP contribution in [0.25, 0.3) is 0 Å². The molecule has 0 aliphatic carbocycles. The van der Waals surface area contributed by atoms with Crippen LogP contribution in [-0.2, 0) is 11.2 Å². The highest BCUT2D eigenvalue weighted by Crippen LogP contribution is 2.30. The lowest BCUT2D eigenvalue weighted by molar-refractivity contribution is -0.137. The van der Waals surface area contributed by atoms with Crippen LogP contribution < -0.4 is 10.1 Å². The van der Waals surface area contributed by atoms with Gasteiger partial charge in [0.1, 0.15) is 5.75 Å². The van der Waals surface area contributed by atoms with E-state index in [0.29, 0.717) is 0 Å². The van der Waals surface area contributed by atoms with Gasteiger partial charge in [-0.25, -0.2) is 0 Å². The smallest absolute Gasteiger partial charge is 0.305 e. The Morgan fingerprint density at radius 2 is 2.21 bits per heavy atom. The normalized spacial score (nSPS) is 15.7. The molecule has 2 N–H and O–H groups in total. The van der Waals surface area contributed by atoms with Gasteiger partial charge in [-0.1, -0.05) is 12.1 Å². The molecule has 1 heterocycles. The first-order chi connectivity index (χ1) is 8.85. The topological polar surface area (TPSA) is 58.6 Å². The van der Waals surface area contributed by atoms with Gasteiger partial charge in [0, 0.05) is 18.0 Å². The van der Waals surface area contributed by atoms with E-state index in [1.807, 2.05) is 39.0 Å². The highest BCUT2D eigenvalue weighted by Gasteiger charge is 2.23. The Morgan fingerprint density at radius 3 is 2.84 bits per heavy atom. The molecule has 0 fully saturated rings. The molecule has 1 atom stereocenters. The zero-order valence-corrected chi connectivity index (χ0v) is 11.7. The largest absolute Gasteiger partial charge is 0.493 e. The van der Waals surface area contributed by atoms with Gasteiger partial charge in [-0.05, 0) is 38.0 Å². The molecule has 2 rings (SSSR count). The van der Waals surface area contributed by atoms with Gasteiger partial charge in [0.25, 0.3) is 0 Å². The predicted octanol–water partition coefficient (Wildman–Crippen LogP) is 2.53. The standard InChI is InChI=1S/C15H21NO3/c1-15(2,3)16-12(9-14(17)18)11-5-4-10-6-7-19-13(10)8-11/h4-5,8,12,16H,6-7,9H2,1-3H3,(H,17,18). The highest BCUT2D eigenvalue weighted by atomic mass is 16.5. The van der Waals surface area contributed by atoms with Gasteiger partial charge in [0.05, 0.1) is 13.0 Å². The maximum Gasteiger partial charge on any atom is 0.305 e. The maximum absolute atomic E-state index is 11.0. The number of hydrogen-bond donors (Lipinski definition) is 2. The number of aliphatic carboxylic acids is 1. The summed E-state index contributed by atoms with van der Waals surface area (Å²) in [4.78, 5) is 11.0. The van der Waals surface area contributed by atoms with Crippen molar-refractivity contribution in [1.82, 2.24) is 5.32 Å². The Bertz CT molecular complexity index is 477. The van der Waals surface area contributed by atoms with Gasteiger partial charge >= 0.3 is 5.97 Å². The maximum atomic E-state index is 11.0. The van der Waals surface area contributed by atoms with E-state index in [1.165, 1.54) is 5.56 Å². The third-order valence-electron chi connectivity index (χ3n) is 3.11. The summed E-state index contributed by atoms with van der Waals surface area (Å²) in [5.41, 5.74) is 2.03. The van der Waals surface area contributed by atoms with Crippen LogP contribution in [0, 0.1) is 0 Å². The average Bonchev–Trinajstić information content (AvgIpc) is 2.72. The molecular formula is C15H21NO3. The van der Waals surface area contributed by atoms with Crippen LogP contribution in [0.3, 0.4) is 0 Å². The van der Waals surface area contributed by atoms with Crippen molar-refractivity contribution >= 4 is 5.97 Å². The van der Waals surface area contributed by atoms with Crippen LogP contribution in [0.5, 0.6) is 5.75 Å². The lowest BCUT2D eigenvalue weighted by Crippen LogP contribution is -2.39. The van der Waals surface area contributed by atoms with Gasteiger partial charge in [-0.2, -0.15) is 0 Å². The number of nitrogens with one attached hydrogen (secondary N) is 1. The Labute approximate surface area is 113 Å². The lowest BCUT2D eigenvalue weighted by Gasteiger charge is -2.28. The molecule has 0 spiro atoms. The molecule has 0 bridgehead atoms. The van der Waals surface area contributed by atoms with E-state index < -0.39 is 5.97 Å². The summed E-state index contributed by atoms with van der Waals surface area (Å²) < 4.78 is 5.55. The molecule has 0 saturated carbocycles. The summed E-state index contributed by atoms with van der Waals surface area (Å²) in [6.45, 7) is 6.82. The second-order valence-corrected chi connectivity index (χ2v) is 6.01. The number of benzene rings is 1. The third-order valence-corrected chi connectivity index (χ3v) is 3.11. The summed E-state index contributed by atoms with van der Waals surface area (Å²) in [5, 5.41) is 12.4. The van der Waals surface area contributed by atoms with Crippen molar-refractivity contribution in [2.45, 2.75) is 45.2 Å². The molecule has 0 saturated heterocycles. The molecule has 1 aromatic rings. The zero-order valence-electron chi connectivity index (χ0n) is 11.7. The Balaban J connectivity index is 2.24. The molecule has 0 amide bonds. The number of carbonyl (C=O) groups is 1. The van der Waals surface area contributed by atoms with Gasteiger partial charge in [0.15, 0.2) is 0 Å². The molecule has 4 nitrogen and oxygen atoms in total. The van der Waals surface area contributed by atoms with E-state index >= 15 is 0 Å². The van der Waals surface area contributed by atoms with Gasteiger partial charge in [0.2, 0.25) is 0 Å². The molecule has 1 aliphatic heterocycles. The Kier molecular flexibility index (Phi) is 3.80. The number of rotatable bonds is 4. The molecule has 1 aliphatic rings. The fourth-order valence-electron chi connectivity index (χ4n) is 2.35. The van der Waals surface area contributed by atoms with Crippen LogP contribution in [0.2, 0.25) is 0 Å². The van der Waals surface area contributed by atoms with Crippen LogP contribution in [0.4, 0.5) is 0 Å². The Hall–Kier alpha value is -1.55. The van der Waals surface area contributed by atoms with Crippen molar-refractivity contribution in [2.24, 2.45) is 0 Å². The SMILES string of the molecule is CC(C)(C)NC(CC(=O)O)c1ccc2c(c1)OCC2. The van der Waals surface area contributed by atoms with E-state index in [1.54, 1.807) is 0 Å². The summed E-state index contributed by atoms with van der Waals surface area (Å²) in [5.74, 6) is 0.0896. The second kappa shape index (κ2) is 5.21. The molecular weight excluding hydrogens is 242 g/mol. The van der Waals surface area contributed by atoms with Crippen molar-refractivity contribution in [3.63, 3.8) is 0 Å². The van der Waals surface area contributed by atoms with Crippen LogP contribution in [0.15, 0.2) is 18.2 Å². The minimum atomic E-state index is -0.803. The summed E-state index contributed by atoms with van der Waals surface area (Å²) in [6.07, 6.45) is 1.00. The second-order valence-electron chi connectivity index (χ2n) is 6.01. The van der Waals surface area contributed by atoms with Gasteiger partial charge < -0.3 is 15.2 Å². The number of fused-ring (bicyclic) bond motifs is 1. The van der Waals surface area contributed by atoms with Crippen molar-refractivity contribution in [3.05, 3.63) is 29.3 Å². The van der Waals surface area contributed by atoms with Crippen LogP contribution in [0.1, 0.15) is 44.4 Å². The quantitative estimate of drug-likeness (QED) is 0.876. The minimum Gasteiger partial charge on any atom is -0.493 e. The Morgan fingerprint density at radius 1 is 1.47 bits per heavy atom. The minimum absolute atomic E-state index is 0.0655. The van der Waals surface area contributed by atoms with Gasteiger partial charge in [-0.15, -0.1) is 0 Å². The van der Waals surface area contributed by atoms with E-state index in [9.17, 15) is 4.79 Å². The van der Waals surface area contributed by atoms with Crippen LogP contribution in [-0.4, -0.2) is 23.2 Å². The van der Waals surface area contributed by atoms with E-state index in [4.69, 9.17) is 9.84 Å². The molecule has 0 aromatic heterocycles. The highest BCUT2D eigenvalue weighted by molar-refractivity contribution is 5.68. The van der Waals surface area contributed by atoms with Crippen molar-refractivity contribution in [1.29, 1.82) is 0 Å². The van der Waals surface area contributed by atoms with E-state index in [-0.39, 0.29) is 18.0 Å². The van der Waals surface area contributed by atoms with Crippen molar-refractivity contribution in [3.8, 4) is 5.75 Å². The first-order valence-corrected chi connectivity index (χ1v) is 6.60. The summed E-state index contributed by atoms with van der Waals surface area (Å²) in [6, 6.07) is 5.80. The average molecular weight is 263 g/mol. The molecule has 1 aromatic carbocycles. The number of hydrogen-bond acceptors (Lipinski definition) is 3. The lowest BCUT2D eigenvalue weighted by atomic mass is 9.97. The number of carboxylic acids is 1. The molecule has 1 unspecified atom stereocenters. The molecule has 0 radical (unpaired) electrons. The molecule has 19 heavy (non-hydrogen) atoms. The monoisotopic (exact) mass is 263 g/mol. The molecule has 4 heteroatoms. The fourth-order valence-corrected chi connectivity index (χ4v) is 2.35. The number of ether oxygens (including phenoxy) is 1. The first-order valence-electron chi connectivity index (χ1n) is 6.60. The van der Waals surface area contributed by atoms with E-state index in [0.717, 1.165) is 24.3 Å². The van der Waals surface area contributed by atoms with Crippen LogP contribution >= 0.6 is 0 Å². The van der Waals surface area contributed by atoms with Gasteiger partial charge in [-0.3, -0.25) is 4.79 Å². The summed E-state index contributed by atoms with van der Waals surface area (Å²) in [7, 11) is 0. The third kappa shape index (κ3) is 3.70. The predicted molar refractivity (Wildman–Crippen MR) is 73.5 cm³/mol. The fraction of sp³-hybridized carbons (Fsp3) is 0.533. The first kappa shape index (κ1) is 13.9. The zero-order chi connectivity index (χ0) is 14.0. The van der Waals surface area contributed by atoms with Crippen molar-refractivity contribution in [2.75, 3.05) is 6.61 Å². The molecule has 104 valence electrons. The number of carboxylic acid groups (broad SMARTS) is 1. The summed E-state index contributed by atoms with van der Waals surface area (Å²) >= 11 is 0. The van der Waals surface area contributed by atoms with Crippen molar-refractivity contribution < 1.29 is 14.6 Å².